The first-order chi connectivity index (χ1) is 9.01. The molecule has 1 N–H and O–H groups in total. The highest BCUT2D eigenvalue weighted by Crippen LogP contribution is 2.15. The summed E-state index contributed by atoms with van der Waals surface area (Å²) < 4.78 is 36.4. The van der Waals surface area contributed by atoms with Crippen molar-refractivity contribution < 1.29 is 17.6 Å². The smallest absolute Gasteiger partial charge is 0.241 e. The Labute approximate surface area is 110 Å². The lowest BCUT2D eigenvalue weighted by Gasteiger charge is -2.05. The molecule has 0 bridgehead atoms. The van der Waals surface area contributed by atoms with E-state index in [1.165, 1.54) is 19.2 Å². The molecule has 8 heteroatoms. The minimum absolute atomic E-state index is 0.0464. The van der Waals surface area contributed by atoms with Crippen molar-refractivity contribution in [3.8, 4) is 5.75 Å². The van der Waals surface area contributed by atoms with Gasteiger partial charge in [0.1, 0.15) is 5.75 Å². The summed E-state index contributed by atoms with van der Waals surface area (Å²) in [6.45, 7) is 1.59. The van der Waals surface area contributed by atoms with Crippen molar-refractivity contribution in [2.45, 2.75) is 18.4 Å². The molecule has 1 aromatic carbocycles. The maximum Gasteiger partial charge on any atom is 0.241 e. The minimum atomic E-state index is -3.61. The third kappa shape index (κ3) is 3.30. The van der Waals surface area contributed by atoms with E-state index in [2.05, 4.69) is 14.9 Å². The normalized spacial score (nSPS) is 11.5. The average Bonchev–Trinajstić information content (AvgIpc) is 2.82. The Bertz CT molecular complexity index is 649. The van der Waals surface area contributed by atoms with E-state index >= 15 is 0 Å². The van der Waals surface area contributed by atoms with Gasteiger partial charge in [-0.2, -0.15) is 0 Å². The van der Waals surface area contributed by atoms with Gasteiger partial charge in [-0.05, 0) is 24.3 Å². The topological polar surface area (TPSA) is 94.3 Å². The van der Waals surface area contributed by atoms with Crippen LogP contribution < -0.4 is 9.46 Å². The molecule has 2 aromatic rings. The maximum absolute atomic E-state index is 12.0. The van der Waals surface area contributed by atoms with Crippen LogP contribution in [0.5, 0.6) is 5.75 Å². The second kappa shape index (κ2) is 5.37. The van der Waals surface area contributed by atoms with Crippen molar-refractivity contribution in [3.05, 3.63) is 36.0 Å². The van der Waals surface area contributed by atoms with Crippen LogP contribution in [0.3, 0.4) is 0 Å². The van der Waals surface area contributed by atoms with Crippen LogP contribution >= 0.6 is 0 Å². The number of sulfonamides is 1. The zero-order valence-electron chi connectivity index (χ0n) is 10.5. The molecule has 0 fully saturated rings. The third-order valence-electron chi connectivity index (χ3n) is 2.35. The molecule has 7 nitrogen and oxygen atoms in total. The monoisotopic (exact) mass is 283 g/mol. The Kier molecular flexibility index (Phi) is 3.82. The number of benzene rings is 1. The molecule has 0 aliphatic heterocycles. The van der Waals surface area contributed by atoms with Crippen LogP contribution in [0.25, 0.3) is 0 Å². The fourth-order valence-electron chi connectivity index (χ4n) is 1.40. The van der Waals surface area contributed by atoms with Crippen LogP contribution in [0.15, 0.2) is 33.6 Å². The number of ether oxygens (including phenoxy) is 1. The molecular weight excluding hydrogens is 270 g/mol. The van der Waals surface area contributed by atoms with Gasteiger partial charge in [-0.3, -0.25) is 0 Å². The lowest BCUT2D eigenvalue weighted by molar-refractivity contribution is 0.414. The van der Waals surface area contributed by atoms with E-state index in [-0.39, 0.29) is 17.3 Å². The quantitative estimate of drug-likeness (QED) is 0.874. The van der Waals surface area contributed by atoms with Gasteiger partial charge < -0.3 is 9.15 Å². The summed E-state index contributed by atoms with van der Waals surface area (Å²) in [5, 5.41) is 7.32. The average molecular weight is 283 g/mol. The zero-order chi connectivity index (χ0) is 13.9. The van der Waals surface area contributed by atoms with E-state index in [9.17, 15) is 8.42 Å². The predicted octanol–water partition coefficient (Wildman–Crippen LogP) is 0.865. The van der Waals surface area contributed by atoms with Crippen LogP contribution in [0.1, 0.15) is 11.8 Å². The summed E-state index contributed by atoms with van der Waals surface area (Å²) in [5.41, 5.74) is 0. The third-order valence-corrected chi connectivity index (χ3v) is 3.77. The summed E-state index contributed by atoms with van der Waals surface area (Å²) in [7, 11) is -2.09. The van der Waals surface area contributed by atoms with Crippen molar-refractivity contribution >= 4 is 10.0 Å². The van der Waals surface area contributed by atoms with Gasteiger partial charge in [0.15, 0.2) is 0 Å². The first-order valence-corrected chi connectivity index (χ1v) is 6.92. The molecule has 0 aliphatic carbocycles. The second-order valence-electron chi connectivity index (χ2n) is 3.71. The summed E-state index contributed by atoms with van der Waals surface area (Å²) in [6.07, 6.45) is 0. The molecule has 102 valence electrons. The molecular formula is C11H13N3O4S. The number of rotatable bonds is 5. The molecule has 1 heterocycles. The van der Waals surface area contributed by atoms with Crippen LogP contribution in [0.2, 0.25) is 0 Å². The highest BCUT2D eigenvalue weighted by Gasteiger charge is 2.15. The maximum atomic E-state index is 12.0. The van der Waals surface area contributed by atoms with Gasteiger partial charge in [0.2, 0.25) is 21.8 Å². The van der Waals surface area contributed by atoms with Crippen LogP contribution in [-0.4, -0.2) is 25.7 Å². The summed E-state index contributed by atoms with van der Waals surface area (Å²) in [4.78, 5) is 0.143. The highest BCUT2D eigenvalue weighted by atomic mass is 32.2. The van der Waals surface area contributed by atoms with E-state index in [0.29, 0.717) is 11.6 Å². The molecule has 2 rings (SSSR count). The van der Waals surface area contributed by atoms with Gasteiger partial charge in [0, 0.05) is 6.92 Å². The van der Waals surface area contributed by atoms with Crippen molar-refractivity contribution in [1.29, 1.82) is 0 Å². The van der Waals surface area contributed by atoms with E-state index in [4.69, 9.17) is 9.15 Å². The van der Waals surface area contributed by atoms with E-state index < -0.39 is 10.0 Å². The Morgan fingerprint density at radius 3 is 2.47 bits per heavy atom. The molecule has 0 amide bonds. The number of methoxy groups -OCH3 is 1. The molecule has 0 saturated heterocycles. The predicted molar refractivity (Wildman–Crippen MR) is 66.1 cm³/mol. The number of nitrogens with zero attached hydrogens (tertiary/aromatic N) is 2. The Balaban J connectivity index is 2.09. The molecule has 0 unspecified atom stereocenters. The molecule has 0 radical (unpaired) electrons. The van der Waals surface area contributed by atoms with Crippen LogP contribution in [0, 0.1) is 6.92 Å². The van der Waals surface area contributed by atoms with E-state index in [0.717, 1.165) is 0 Å². The van der Waals surface area contributed by atoms with Crippen LogP contribution in [0.4, 0.5) is 0 Å². The van der Waals surface area contributed by atoms with E-state index in [1.807, 2.05) is 0 Å². The SMILES string of the molecule is COc1ccc(S(=O)(=O)NCc2nnc(C)o2)cc1. The Hall–Kier alpha value is -1.93. The fourth-order valence-corrected chi connectivity index (χ4v) is 2.38. The van der Waals surface area contributed by atoms with Gasteiger partial charge in [0.25, 0.3) is 0 Å². The first-order valence-electron chi connectivity index (χ1n) is 5.44. The molecule has 0 saturated carbocycles. The molecule has 0 aliphatic rings. The largest absolute Gasteiger partial charge is 0.497 e. The zero-order valence-corrected chi connectivity index (χ0v) is 11.3. The standard InChI is InChI=1S/C11H13N3O4S/c1-8-13-14-11(18-8)7-12-19(15,16)10-5-3-9(17-2)4-6-10/h3-6,12H,7H2,1-2H3. The number of hydrogen-bond donors (Lipinski definition) is 1. The summed E-state index contributed by atoms with van der Waals surface area (Å²) >= 11 is 0. The molecule has 1 aromatic heterocycles. The number of aromatic nitrogens is 2. The molecule has 19 heavy (non-hydrogen) atoms. The number of nitrogens with one attached hydrogen (secondary N) is 1. The summed E-state index contributed by atoms with van der Waals surface area (Å²) in [5.74, 6) is 1.19. The van der Waals surface area contributed by atoms with Crippen LogP contribution in [-0.2, 0) is 16.6 Å². The first kappa shape index (κ1) is 13.5. The van der Waals surface area contributed by atoms with Gasteiger partial charge in [-0.1, -0.05) is 0 Å². The van der Waals surface area contributed by atoms with Gasteiger partial charge in [-0.15, -0.1) is 10.2 Å². The minimum Gasteiger partial charge on any atom is -0.497 e. The van der Waals surface area contributed by atoms with Gasteiger partial charge in [-0.25, -0.2) is 13.1 Å². The molecule has 0 spiro atoms. The second-order valence-corrected chi connectivity index (χ2v) is 5.48. The van der Waals surface area contributed by atoms with Gasteiger partial charge in [0.05, 0.1) is 18.6 Å². The fraction of sp³-hybridized carbons (Fsp3) is 0.273. The van der Waals surface area contributed by atoms with Crippen molar-refractivity contribution in [2.75, 3.05) is 7.11 Å². The molecule has 0 atom stereocenters. The van der Waals surface area contributed by atoms with Crippen molar-refractivity contribution in [2.24, 2.45) is 0 Å². The summed E-state index contributed by atoms with van der Waals surface area (Å²) in [6, 6.07) is 6.07. The lowest BCUT2D eigenvalue weighted by Crippen LogP contribution is -2.23. The van der Waals surface area contributed by atoms with Gasteiger partial charge >= 0.3 is 0 Å². The number of aryl methyl sites for hydroxylation is 1. The van der Waals surface area contributed by atoms with E-state index in [1.54, 1.807) is 19.1 Å². The van der Waals surface area contributed by atoms with Crippen molar-refractivity contribution in [3.63, 3.8) is 0 Å². The Morgan fingerprint density at radius 2 is 1.95 bits per heavy atom. The number of hydrogen-bond acceptors (Lipinski definition) is 6. The van der Waals surface area contributed by atoms with Crippen molar-refractivity contribution in [1.82, 2.24) is 14.9 Å². The highest BCUT2D eigenvalue weighted by molar-refractivity contribution is 7.89. The lowest BCUT2D eigenvalue weighted by atomic mass is 10.3. The Morgan fingerprint density at radius 1 is 1.26 bits per heavy atom.